The summed E-state index contributed by atoms with van der Waals surface area (Å²) in [5, 5.41) is 10.6. The van der Waals surface area contributed by atoms with Crippen LogP contribution < -0.4 is 0 Å². The van der Waals surface area contributed by atoms with Gasteiger partial charge in [0.25, 0.3) is 0 Å². The number of carbonyl (C=O) groups excluding carboxylic acids is 2. The van der Waals surface area contributed by atoms with Crippen molar-refractivity contribution in [1.82, 2.24) is 0 Å². The standard InChI is InChI=1S/C21H36O6/c1-6-20(5,13-14(3)4)19(24)26-15-12-16(25-17(15)22)18(23)27-21(7-2)10-8-9-11-21/h14-16,19,24H,6-13H2,1-5H3. The Hall–Kier alpha value is -1.14. The van der Waals surface area contributed by atoms with Crippen LogP contribution in [0, 0.1) is 11.3 Å². The minimum atomic E-state index is -1.09. The van der Waals surface area contributed by atoms with E-state index in [0.29, 0.717) is 5.92 Å². The highest BCUT2D eigenvalue weighted by molar-refractivity contribution is 5.85. The molecule has 0 bridgehead atoms. The predicted octanol–water partition coefficient (Wildman–Crippen LogP) is 3.73. The zero-order valence-electron chi connectivity index (χ0n) is 17.5. The van der Waals surface area contributed by atoms with Crippen LogP contribution in [0.3, 0.4) is 0 Å². The number of aliphatic hydroxyl groups excluding tert-OH is 1. The van der Waals surface area contributed by atoms with Gasteiger partial charge in [0.05, 0.1) is 0 Å². The van der Waals surface area contributed by atoms with Crippen molar-refractivity contribution in [2.24, 2.45) is 11.3 Å². The van der Waals surface area contributed by atoms with Gasteiger partial charge in [-0.1, -0.05) is 34.6 Å². The molecule has 1 aliphatic carbocycles. The molecule has 2 rings (SSSR count). The third-order valence-electron chi connectivity index (χ3n) is 6.26. The van der Waals surface area contributed by atoms with E-state index < -0.39 is 41.5 Å². The van der Waals surface area contributed by atoms with E-state index in [0.717, 1.165) is 44.9 Å². The van der Waals surface area contributed by atoms with Crippen LogP contribution in [0.2, 0.25) is 0 Å². The second-order valence-electron chi connectivity index (χ2n) is 8.91. The molecular weight excluding hydrogens is 348 g/mol. The normalized spacial score (nSPS) is 28.0. The molecule has 1 saturated heterocycles. The second kappa shape index (κ2) is 8.91. The number of hydrogen-bond donors (Lipinski definition) is 1. The molecule has 0 radical (unpaired) electrons. The molecule has 6 heteroatoms. The minimum absolute atomic E-state index is 0.0932. The van der Waals surface area contributed by atoms with Gasteiger partial charge in [-0.3, -0.25) is 0 Å². The molecule has 0 amide bonds. The van der Waals surface area contributed by atoms with E-state index in [9.17, 15) is 14.7 Å². The number of aliphatic hydroxyl groups is 1. The Bertz CT molecular complexity index is 525. The highest BCUT2D eigenvalue weighted by Crippen LogP contribution is 2.38. The highest BCUT2D eigenvalue weighted by Gasteiger charge is 2.46. The first-order chi connectivity index (χ1) is 12.6. The Morgan fingerprint density at radius 1 is 1.33 bits per heavy atom. The molecule has 1 aliphatic heterocycles. The van der Waals surface area contributed by atoms with E-state index in [1.165, 1.54) is 0 Å². The average Bonchev–Trinajstić information content (AvgIpc) is 3.22. The molecule has 4 unspecified atom stereocenters. The Kier molecular flexibility index (Phi) is 7.31. The highest BCUT2D eigenvalue weighted by atomic mass is 16.7. The quantitative estimate of drug-likeness (QED) is 0.482. The molecule has 0 aromatic rings. The second-order valence-corrected chi connectivity index (χ2v) is 8.91. The molecule has 6 nitrogen and oxygen atoms in total. The maximum atomic E-state index is 12.5. The van der Waals surface area contributed by atoms with Crippen LogP contribution in [0.1, 0.15) is 86.0 Å². The van der Waals surface area contributed by atoms with Gasteiger partial charge < -0.3 is 19.3 Å². The monoisotopic (exact) mass is 384 g/mol. The summed E-state index contributed by atoms with van der Waals surface area (Å²) < 4.78 is 16.6. The fraction of sp³-hybridized carbons (Fsp3) is 0.905. The molecule has 1 saturated carbocycles. The summed E-state index contributed by atoms with van der Waals surface area (Å²) in [6, 6.07) is 0. The van der Waals surface area contributed by atoms with Crippen LogP contribution in [0.25, 0.3) is 0 Å². The van der Waals surface area contributed by atoms with E-state index in [1.54, 1.807) is 0 Å². The summed E-state index contributed by atoms with van der Waals surface area (Å²) in [6.45, 7) is 10.1. The first-order valence-electron chi connectivity index (χ1n) is 10.4. The molecule has 2 fully saturated rings. The lowest BCUT2D eigenvalue weighted by atomic mass is 9.79. The lowest BCUT2D eigenvalue weighted by molar-refractivity contribution is -0.204. The molecule has 156 valence electrons. The van der Waals surface area contributed by atoms with E-state index in [4.69, 9.17) is 14.2 Å². The lowest BCUT2D eigenvalue weighted by Crippen LogP contribution is -2.39. The molecule has 0 aromatic carbocycles. The van der Waals surface area contributed by atoms with E-state index in [2.05, 4.69) is 13.8 Å². The zero-order chi connectivity index (χ0) is 20.2. The number of cyclic esters (lactones) is 1. The fourth-order valence-electron chi connectivity index (χ4n) is 4.31. The van der Waals surface area contributed by atoms with E-state index in [1.807, 2.05) is 20.8 Å². The molecule has 0 aromatic heterocycles. The van der Waals surface area contributed by atoms with Gasteiger partial charge in [-0.2, -0.15) is 0 Å². The van der Waals surface area contributed by atoms with Gasteiger partial charge in [0.2, 0.25) is 6.10 Å². The Balaban J connectivity index is 1.95. The van der Waals surface area contributed by atoms with Crippen LogP contribution in [-0.2, 0) is 23.8 Å². The Morgan fingerprint density at radius 2 is 1.96 bits per heavy atom. The van der Waals surface area contributed by atoms with Crippen LogP contribution >= 0.6 is 0 Å². The maximum absolute atomic E-state index is 12.5. The van der Waals surface area contributed by atoms with Gasteiger partial charge in [0.15, 0.2) is 12.4 Å². The van der Waals surface area contributed by atoms with Crippen molar-refractivity contribution in [3.8, 4) is 0 Å². The van der Waals surface area contributed by atoms with Crippen LogP contribution in [0.4, 0.5) is 0 Å². The number of carbonyl (C=O) groups is 2. The van der Waals surface area contributed by atoms with Crippen molar-refractivity contribution in [1.29, 1.82) is 0 Å². The Morgan fingerprint density at radius 3 is 2.48 bits per heavy atom. The third kappa shape index (κ3) is 5.23. The number of rotatable bonds is 9. The molecule has 1 N–H and O–H groups in total. The number of esters is 2. The van der Waals surface area contributed by atoms with Gasteiger partial charge >= 0.3 is 11.9 Å². The summed E-state index contributed by atoms with van der Waals surface area (Å²) in [6.07, 6.45) is 3.21. The van der Waals surface area contributed by atoms with Crippen LogP contribution in [0.5, 0.6) is 0 Å². The minimum Gasteiger partial charge on any atom is -0.456 e. The maximum Gasteiger partial charge on any atom is 0.348 e. The average molecular weight is 385 g/mol. The van der Waals surface area contributed by atoms with Gasteiger partial charge in [0.1, 0.15) is 5.60 Å². The van der Waals surface area contributed by atoms with Crippen molar-refractivity contribution in [2.75, 3.05) is 0 Å². The van der Waals surface area contributed by atoms with Crippen molar-refractivity contribution in [3.63, 3.8) is 0 Å². The Labute approximate surface area is 162 Å². The first kappa shape index (κ1) is 22.2. The lowest BCUT2D eigenvalue weighted by Gasteiger charge is -2.35. The van der Waals surface area contributed by atoms with Gasteiger partial charge in [-0.05, 0) is 50.9 Å². The summed E-state index contributed by atoms with van der Waals surface area (Å²) in [5.74, 6) is -0.702. The largest absolute Gasteiger partial charge is 0.456 e. The van der Waals surface area contributed by atoms with Crippen LogP contribution in [-0.4, -0.2) is 41.1 Å². The number of hydrogen-bond acceptors (Lipinski definition) is 6. The van der Waals surface area contributed by atoms with Crippen molar-refractivity contribution in [3.05, 3.63) is 0 Å². The van der Waals surface area contributed by atoms with Gasteiger partial charge in [-0.15, -0.1) is 0 Å². The molecule has 2 aliphatic rings. The van der Waals surface area contributed by atoms with Crippen molar-refractivity contribution in [2.45, 2.75) is 110 Å². The molecule has 0 spiro atoms. The van der Waals surface area contributed by atoms with Gasteiger partial charge in [0, 0.05) is 11.8 Å². The smallest absolute Gasteiger partial charge is 0.348 e. The van der Waals surface area contributed by atoms with Crippen molar-refractivity contribution < 1.29 is 28.9 Å². The summed E-state index contributed by atoms with van der Waals surface area (Å²) >= 11 is 0. The van der Waals surface area contributed by atoms with Gasteiger partial charge in [-0.25, -0.2) is 9.59 Å². The fourth-order valence-corrected chi connectivity index (χ4v) is 4.31. The topological polar surface area (TPSA) is 82.1 Å². The van der Waals surface area contributed by atoms with E-state index >= 15 is 0 Å². The molecular formula is C21H36O6. The van der Waals surface area contributed by atoms with E-state index in [-0.39, 0.29) is 6.42 Å². The predicted molar refractivity (Wildman–Crippen MR) is 101 cm³/mol. The first-order valence-corrected chi connectivity index (χ1v) is 10.4. The third-order valence-corrected chi connectivity index (χ3v) is 6.26. The molecule has 4 atom stereocenters. The van der Waals surface area contributed by atoms with Crippen molar-refractivity contribution >= 4 is 11.9 Å². The van der Waals surface area contributed by atoms with Crippen LogP contribution in [0.15, 0.2) is 0 Å². The SMILES string of the molecule is CCC1(OC(=O)C2CC(OC(O)C(C)(CC)CC(C)C)C(=O)O2)CCCC1. The summed E-state index contributed by atoms with van der Waals surface area (Å²) in [5.41, 5.74) is -0.872. The molecule has 1 heterocycles. The summed E-state index contributed by atoms with van der Waals surface area (Å²) in [7, 11) is 0. The molecule has 27 heavy (non-hydrogen) atoms. The summed E-state index contributed by atoms with van der Waals surface area (Å²) in [4.78, 5) is 24.7. The zero-order valence-corrected chi connectivity index (χ0v) is 17.5. The number of ether oxygens (including phenoxy) is 3.